The molecule has 6 nitrogen and oxygen atoms in total. The van der Waals surface area contributed by atoms with Crippen molar-refractivity contribution in [3.8, 4) is 0 Å². The molecule has 0 amide bonds. The minimum atomic E-state index is -1.06. The molecule has 0 spiro atoms. The molecule has 1 aromatic rings. The molecule has 0 aliphatic carbocycles. The van der Waals surface area contributed by atoms with Crippen molar-refractivity contribution in [2.24, 2.45) is 0 Å². The topological polar surface area (TPSA) is 75.5 Å². The SMILES string of the molecule is CC(C)OCCN(C)c1nccc(C(=O)O)n1. The molecule has 6 heteroatoms. The minimum Gasteiger partial charge on any atom is -0.477 e. The quantitative estimate of drug-likeness (QED) is 0.799. The zero-order valence-electron chi connectivity index (χ0n) is 10.3. The molecule has 0 saturated carbocycles. The smallest absolute Gasteiger partial charge is 0.354 e. The van der Waals surface area contributed by atoms with E-state index < -0.39 is 5.97 Å². The number of anilines is 1. The number of carbonyl (C=O) groups is 1. The number of rotatable bonds is 6. The van der Waals surface area contributed by atoms with Gasteiger partial charge in [-0.25, -0.2) is 14.8 Å². The van der Waals surface area contributed by atoms with E-state index in [0.29, 0.717) is 19.1 Å². The second-order valence-electron chi connectivity index (χ2n) is 3.89. The van der Waals surface area contributed by atoms with Crippen molar-refractivity contribution in [3.63, 3.8) is 0 Å². The van der Waals surface area contributed by atoms with Gasteiger partial charge in [0.1, 0.15) is 0 Å². The average molecular weight is 239 g/mol. The molecular weight excluding hydrogens is 222 g/mol. The molecule has 1 aromatic heterocycles. The molecule has 1 rings (SSSR count). The molecule has 0 bridgehead atoms. The highest BCUT2D eigenvalue weighted by Crippen LogP contribution is 2.05. The number of likely N-dealkylation sites (N-methyl/N-ethyl adjacent to an activating group) is 1. The van der Waals surface area contributed by atoms with Gasteiger partial charge in [-0.3, -0.25) is 0 Å². The van der Waals surface area contributed by atoms with Gasteiger partial charge >= 0.3 is 5.97 Å². The lowest BCUT2D eigenvalue weighted by molar-refractivity contribution is 0.0690. The van der Waals surface area contributed by atoms with Crippen molar-refractivity contribution in [1.29, 1.82) is 0 Å². The predicted molar refractivity (Wildman–Crippen MR) is 63.3 cm³/mol. The van der Waals surface area contributed by atoms with E-state index in [1.54, 1.807) is 11.9 Å². The largest absolute Gasteiger partial charge is 0.477 e. The summed E-state index contributed by atoms with van der Waals surface area (Å²) in [6.07, 6.45) is 1.61. The fraction of sp³-hybridized carbons (Fsp3) is 0.545. The van der Waals surface area contributed by atoms with Crippen LogP contribution in [-0.4, -0.2) is 47.3 Å². The van der Waals surface area contributed by atoms with Gasteiger partial charge in [0.2, 0.25) is 5.95 Å². The molecule has 0 fully saturated rings. The summed E-state index contributed by atoms with van der Waals surface area (Å²) < 4.78 is 5.40. The van der Waals surface area contributed by atoms with Crippen molar-refractivity contribution in [3.05, 3.63) is 18.0 Å². The monoisotopic (exact) mass is 239 g/mol. The molecule has 0 aromatic carbocycles. The Balaban J connectivity index is 2.59. The Hall–Kier alpha value is -1.69. The Bertz CT molecular complexity index is 382. The maximum atomic E-state index is 10.7. The van der Waals surface area contributed by atoms with Gasteiger partial charge < -0.3 is 14.7 Å². The van der Waals surface area contributed by atoms with E-state index in [4.69, 9.17) is 9.84 Å². The number of carboxylic acids is 1. The van der Waals surface area contributed by atoms with Gasteiger partial charge in [-0.2, -0.15) is 0 Å². The number of aromatic nitrogens is 2. The van der Waals surface area contributed by atoms with E-state index in [-0.39, 0.29) is 11.8 Å². The standard InChI is InChI=1S/C11H17N3O3/c1-8(2)17-7-6-14(3)11-12-5-4-9(13-11)10(15)16/h4-5,8H,6-7H2,1-3H3,(H,15,16). The first-order valence-electron chi connectivity index (χ1n) is 5.39. The molecule has 0 aliphatic heterocycles. The molecule has 0 saturated heterocycles. The van der Waals surface area contributed by atoms with Gasteiger partial charge in [0.25, 0.3) is 0 Å². The first kappa shape index (κ1) is 13.4. The van der Waals surface area contributed by atoms with Crippen LogP contribution in [0.15, 0.2) is 12.3 Å². The van der Waals surface area contributed by atoms with Crippen LogP contribution in [0.25, 0.3) is 0 Å². The van der Waals surface area contributed by atoms with Crippen LogP contribution in [0.3, 0.4) is 0 Å². The van der Waals surface area contributed by atoms with Crippen LogP contribution in [0, 0.1) is 0 Å². The summed E-state index contributed by atoms with van der Waals surface area (Å²) in [5.41, 5.74) is -0.00775. The van der Waals surface area contributed by atoms with Crippen LogP contribution in [-0.2, 0) is 4.74 Å². The van der Waals surface area contributed by atoms with Crippen LogP contribution in [0.4, 0.5) is 5.95 Å². The fourth-order valence-corrected chi connectivity index (χ4v) is 1.18. The summed E-state index contributed by atoms with van der Waals surface area (Å²) in [5, 5.41) is 8.81. The summed E-state index contributed by atoms with van der Waals surface area (Å²) in [4.78, 5) is 20.4. The summed E-state index contributed by atoms with van der Waals surface area (Å²) in [6.45, 7) is 5.08. The second kappa shape index (κ2) is 6.15. The lowest BCUT2D eigenvalue weighted by Crippen LogP contribution is -2.26. The van der Waals surface area contributed by atoms with Gasteiger partial charge in [-0.15, -0.1) is 0 Å². The van der Waals surface area contributed by atoms with Crippen LogP contribution >= 0.6 is 0 Å². The summed E-state index contributed by atoms with van der Waals surface area (Å²) in [6, 6.07) is 1.37. The van der Waals surface area contributed by atoms with Gasteiger partial charge in [0.15, 0.2) is 5.69 Å². The van der Waals surface area contributed by atoms with Gasteiger partial charge in [-0.05, 0) is 19.9 Å². The molecule has 0 radical (unpaired) electrons. The summed E-state index contributed by atoms with van der Waals surface area (Å²) in [5.74, 6) is -0.669. The van der Waals surface area contributed by atoms with Crippen molar-refractivity contribution in [1.82, 2.24) is 9.97 Å². The molecule has 17 heavy (non-hydrogen) atoms. The van der Waals surface area contributed by atoms with E-state index in [9.17, 15) is 4.79 Å². The Morgan fingerprint density at radius 1 is 1.59 bits per heavy atom. The number of aromatic carboxylic acids is 1. The summed E-state index contributed by atoms with van der Waals surface area (Å²) in [7, 11) is 1.80. The van der Waals surface area contributed by atoms with E-state index in [1.165, 1.54) is 12.3 Å². The number of carboxylic acid groups (broad SMARTS) is 1. The number of hydrogen-bond acceptors (Lipinski definition) is 5. The van der Waals surface area contributed by atoms with E-state index in [1.807, 2.05) is 13.8 Å². The Morgan fingerprint density at radius 3 is 2.88 bits per heavy atom. The Morgan fingerprint density at radius 2 is 2.29 bits per heavy atom. The molecule has 1 N–H and O–H groups in total. The first-order chi connectivity index (χ1) is 8.00. The molecule has 0 aliphatic rings. The lowest BCUT2D eigenvalue weighted by atomic mass is 10.4. The average Bonchev–Trinajstić information content (AvgIpc) is 2.28. The van der Waals surface area contributed by atoms with E-state index in [0.717, 1.165) is 0 Å². The highest BCUT2D eigenvalue weighted by atomic mass is 16.5. The van der Waals surface area contributed by atoms with E-state index >= 15 is 0 Å². The van der Waals surface area contributed by atoms with Gasteiger partial charge in [0.05, 0.1) is 12.7 Å². The third-order valence-corrected chi connectivity index (χ3v) is 2.08. The van der Waals surface area contributed by atoms with Gasteiger partial charge in [0, 0.05) is 19.8 Å². The fourth-order valence-electron chi connectivity index (χ4n) is 1.18. The van der Waals surface area contributed by atoms with Crippen LogP contribution in [0.2, 0.25) is 0 Å². The number of ether oxygens (including phenoxy) is 1. The van der Waals surface area contributed by atoms with E-state index in [2.05, 4.69) is 9.97 Å². The van der Waals surface area contributed by atoms with Gasteiger partial charge in [-0.1, -0.05) is 0 Å². The second-order valence-corrected chi connectivity index (χ2v) is 3.89. The Labute approximate surface area is 100 Å². The van der Waals surface area contributed by atoms with Crippen LogP contribution in [0.1, 0.15) is 24.3 Å². The molecular formula is C11H17N3O3. The van der Waals surface area contributed by atoms with Crippen LogP contribution in [0.5, 0.6) is 0 Å². The number of nitrogens with zero attached hydrogens (tertiary/aromatic N) is 3. The zero-order valence-corrected chi connectivity index (χ0v) is 10.3. The van der Waals surface area contributed by atoms with Crippen molar-refractivity contribution in [2.45, 2.75) is 20.0 Å². The zero-order chi connectivity index (χ0) is 12.8. The highest BCUT2D eigenvalue weighted by Gasteiger charge is 2.09. The van der Waals surface area contributed by atoms with Crippen molar-refractivity contribution >= 4 is 11.9 Å². The van der Waals surface area contributed by atoms with Crippen LogP contribution < -0.4 is 4.90 Å². The molecule has 0 atom stereocenters. The molecule has 1 heterocycles. The van der Waals surface area contributed by atoms with Crippen molar-refractivity contribution < 1.29 is 14.6 Å². The Kier molecular flexibility index (Phi) is 4.84. The molecule has 0 unspecified atom stereocenters. The summed E-state index contributed by atoms with van der Waals surface area (Å²) >= 11 is 0. The highest BCUT2D eigenvalue weighted by molar-refractivity contribution is 5.85. The maximum absolute atomic E-state index is 10.7. The third kappa shape index (κ3) is 4.36. The van der Waals surface area contributed by atoms with Crippen molar-refractivity contribution in [2.75, 3.05) is 25.1 Å². The number of hydrogen-bond donors (Lipinski definition) is 1. The minimum absolute atomic E-state index is 0.00775. The molecule has 94 valence electrons. The lowest BCUT2D eigenvalue weighted by Gasteiger charge is -2.17. The predicted octanol–water partition coefficient (Wildman–Crippen LogP) is 1.04. The maximum Gasteiger partial charge on any atom is 0.354 e. The normalized spacial score (nSPS) is 10.6. The first-order valence-corrected chi connectivity index (χ1v) is 5.39. The third-order valence-electron chi connectivity index (χ3n) is 2.08.